The predicted molar refractivity (Wildman–Crippen MR) is 128 cm³/mol. The minimum Gasteiger partial charge on any atom is -0.416 e. The third-order valence-corrected chi connectivity index (χ3v) is 6.60. The lowest BCUT2D eigenvalue weighted by Gasteiger charge is -2.34. The summed E-state index contributed by atoms with van der Waals surface area (Å²) in [6.45, 7) is 8.03. The Morgan fingerprint density at radius 3 is 2.36 bits per heavy atom. The van der Waals surface area contributed by atoms with Crippen molar-refractivity contribution in [1.29, 1.82) is 0 Å². The highest BCUT2D eigenvalue weighted by molar-refractivity contribution is 7.09. The van der Waals surface area contributed by atoms with E-state index in [9.17, 15) is 4.79 Å². The third kappa shape index (κ3) is 4.86. The molecule has 7 nitrogen and oxygen atoms in total. The number of nitrogens with zero attached hydrogens (tertiary/aromatic N) is 5. The first kappa shape index (κ1) is 21.5. The molecule has 168 valence electrons. The van der Waals surface area contributed by atoms with E-state index in [4.69, 9.17) is 4.42 Å². The van der Waals surface area contributed by atoms with Crippen molar-refractivity contribution in [2.24, 2.45) is 0 Å². The molecule has 4 aromatic rings. The second kappa shape index (κ2) is 9.25. The lowest BCUT2D eigenvalue weighted by molar-refractivity contribution is 0.0627. The van der Waals surface area contributed by atoms with E-state index in [1.165, 1.54) is 0 Å². The van der Waals surface area contributed by atoms with E-state index in [0.717, 1.165) is 47.0 Å². The third-order valence-electron chi connectivity index (χ3n) is 5.78. The SMILES string of the molecule is Cc1cccc(-c2nnc(-c3ccc(C(=O)N4CCN(Cc5csc(C)n5)CC4)cc3)o2)c1. The number of aromatic nitrogens is 3. The zero-order valence-electron chi connectivity index (χ0n) is 18.7. The van der Waals surface area contributed by atoms with Gasteiger partial charge in [-0.25, -0.2) is 4.98 Å². The van der Waals surface area contributed by atoms with Gasteiger partial charge in [0.2, 0.25) is 11.8 Å². The molecule has 0 N–H and O–H groups in total. The fraction of sp³-hybridized carbons (Fsp3) is 0.280. The molecule has 1 aliphatic heterocycles. The van der Waals surface area contributed by atoms with Crippen LogP contribution >= 0.6 is 11.3 Å². The van der Waals surface area contributed by atoms with Crippen molar-refractivity contribution in [2.45, 2.75) is 20.4 Å². The van der Waals surface area contributed by atoms with Gasteiger partial charge < -0.3 is 9.32 Å². The van der Waals surface area contributed by atoms with E-state index >= 15 is 0 Å². The van der Waals surface area contributed by atoms with Crippen molar-refractivity contribution in [3.63, 3.8) is 0 Å². The van der Waals surface area contributed by atoms with E-state index in [-0.39, 0.29) is 5.91 Å². The molecule has 0 aliphatic carbocycles. The van der Waals surface area contributed by atoms with Crippen molar-refractivity contribution in [3.8, 4) is 22.9 Å². The molecule has 0 unspecified atom stereocenters. The van der Waals surface area contributed by atoms with Crippen LogP contribution < -0.4 is 0 Å². The Bertz CT molecular complexity index is 1260. The Kier molecular flexibility index (Phi) is 6.02. The fourth-order valence-electron chi connectivity index (χ4n) is 3.99. The highest BCUT2D eigenvalue weighted by atomic mass is 32.1. The normalized spacial score (nSPS) is 14.5. The van der Waals surface area contributed by atoms with Gasteiger partial charge in [0.25, 0.3) is 5.91 Å². The zero-order chi connectivity index (χ0) is 22.8. The van der Waals surface area contributed by atoms with Crippen LogP contribution in [-0.2, 0) is 6.54 Å². The molecule has 1 fully saturated rings. The summed E-state index contributed by atoms with van der Waals surface area (Å²) < 4.78 is 5.86. The van der Waals surface area contributed by atoms with E-state index in [0.29, 0.717) is 30.4 Å². The van der Waals surface area contributed by atoms with Crippen molar-refractivity contribution in [2.75, 3.05) is 26.2 Å². The summed E-state index contributed by atoms with van der Waals surface area (Å²) in [5.74, 6) is 0.979. The first-order chi connectivity index (χ1) is 16.0. The van der Waals surface area contributed by atoms with Gasteiger partial charge in [0.15, 0.2) is 0 Å². The minimum atomic E-state index is 0.0525. The highest BCUT2D eigenvalue weighted by Crippen LogP contribution is 2.25. The number of benzene rings is 2. The Morgan fingerprint density at radius 2 is 1.70 bits per heavy atom. The van der Waals surface area contributed by atoms with Crippen LogP contribution in [0, 0.1) is 13.8 Å². The summed E-state index contributed by atoms with van der Waals surface area (Å²) in [5.41, 5.74) is 4.60. The van der Waals surface area contributed by atoms with Crippen LogP contribution in [0.4, 0.5) is 0 Å². The number of hydrogen-bond acceptors (Lipinski definition) is 7. The summed E-state index contributed by atoms with van der Waals surface area (Å²) in [6.07, 6.45) is 0. The topological polar surface area (TPSA) is 75.4 Å². The second-order valence-corrected chi connectivity index (χ2v) is 9.35. The van der Waals surface area contributed by atoms with Gasteiger partial charge in [-0.2, -0.15) is 0 Å². The number of piperazine rings is 1. The second-order valence-electron chi connectivity index (χ2n) is 8.29. The number of aryl methyl sites for hydroxylation is 2. The van der Waals surface area contributed by atoms with Gasteiger partial charge in [0, 0.05) is 54.8 Å². The maximum absolute atomic E-state index is 13.0. The van der Waals surface area contributed by atoms with Gasteiger partial charge in [-0.1, -0.05) is 17.7 Å². The molecule has 2 aromatic heterocycles. The summed E-state index contributed by atoms with van der Waals surface area (Å²) >= 11 is 1.68. The van der Waals surface area contributed by atoms with Crippen molar-refractivity contribution < 1.29 is 9.21 Å². The minimum absolute atomic E-state index is 0.0525. The van der Waals surface area contributed by atoms with Crippen molar-refractivity contribution in [1.82, 2.24) is 25.0 Å². The van der Waals surface area contributed by atoms with Crippen molar-refractivity contribution in [3.05, 3.63) is 75.7 Å². The summed E-state index contributed by atoms with van der Waals surface area (Å²) in [4.78, 5) is 21.8. The Balaban J connectivity index is 1.21. The van der Waals surface area contributed by atoms with E-state index < -0.39 is 0 Å². The van der Waals surface area contributed by atoms with Crippen LogP contribution in [0.15, 0.2) is 58.3 Å². The highest BCUT2D eigenvalue weighted by Gasteiger charge is 2.23. The van der Waals surface area contributed by atoms with Crippen LogP contribution in [0.2, 0.25) is 0 Å². The number of carbonyl (C=O) groups excluding carboxylic acids is 1. The molecule has 0 bridgehead atoms. The standard InChI is InChI=1S/C25H25N5O2S/c1-17-4-3-5-21(14-17)24-28-27-23(32-24)19-6-8-20(9-7-19)25(31)30-12-10-29(11-13-30)15-22-16-33-18(2)26-22/h3-9,14,16H,10-13,15H2,1-2H3. The maximum atomic E-state index is 13.0. The average molecular weight is 460 g/mol. The predicted octanol–water partition coefficient (Wildman–Crippen LogP) is 4.43. The Labute approximate surface area is 196 Å². The van der Waals surface area contributed by atoms with Crippen molar-refractivity contribution >= 4 is 17.2 Å². The number of amides is 1. The smallest absolute Gasteiger partial charge is 0.253 e. The van der Waals surface area contributed by atoms with Crippen LogP contribution in [-0.4, -0.2) is 57.1 Å². The molecular weight excluding hydrogens is 434 g/mol. The molecule has 1 aliphatic rings. The number of rotatable bonds is 5. The average Bonchev–Trinajstić information content (AvgIpc) is 3.49. The van der Waals surface area contributed by atoms with E-state index in [1.54, 1.807) is 11.3 Å². The molecule has 1 amide bonds. The molecule has 0 radical (unpaired) electrons. The summed E-state index contributed by atoms with van der Waals surface area (Å²) in [7, 11) is 0. The number of thiazole rings is 1. The molecule has 8 heteroatoms. The Morgan fingerprint density at radius 1 is 0.970 bits per heavy atom. The van der Waals surface area contributed by atoms with Gasteiger partial charge >= 0.3 is 0 Å². The molecule has 0 spiro atoms. The molecule has 5 rings (SSSR count). The molecule has 3 heterocycles. The number of carbonyl (C=O) groups is 1. The van der Waals surface area contributed by atoms with Gasteiger partial charge in [0.1, 0.15) is 0 Å². The maximum Gasteiger partial charge on any atom is 0.253 e. The quantitative estimate of drug-likeness (QED) is 0.439. The summed E-state index contributed by atoms with van der Waals surface area (Å²) in [5, 5.41) is 11.6. The van der Waals surface area contributed by atoms with Gasteiger partial charge in [0.05, 0.1) is 10.7 Å². The molecule has 2 aromatic carbocycles. The number of hydrogen-bond donors (Lipinski definition) is 0. The first-order valence-corrected chi connectivity index (χ1v) is 11.9. The lowest BCUT2D eigenvalue weighted by atomic mass is 10.1. The first-order valence-electron chi connectivity index (χ1n) is 11.0. The van der Waals surface area contributed by atoms with Gasteiger partial charge in [-0.3, -0.25) is 9.69 Å². The van der Waals surface area contributed by atoms with Gasteiger partial charge in [-0.15, -0.1) is 21.5 Å². The molecule has 0 atom stereocenters. The van der Waals surface area contributed by atoms with Gasteiger partial charge in [-0.05, 0) is 50.2 Å². The van der Waals surface area contributed by atoms with E-state index in [2.05, 4.69) is 25.5 Å². The zero-order valence-corrected chi connectivity index (χ0v) is 19.5. The molecular formula is C25H25N5O2S. The largest absolute Gasteiger partial charge is 0.416 e. The van der Waals surface area contributed by atoms with E-state index in [1.807, 2.05) is 67.3 Å². The monoisotopic (exact) mass is 459 g/mol. The fourth-order valence-corrected chi connectivity index (χ4v) is 4.60. The molecule has 0 saturated carbocycles. The van der Waals surface area contributed by atoms with Crippen LogP contribution in [0.25, 0.3) is 22.9 Å². The van der Waals surface area contributed by atoms with Crippen LogP contribution in [0.5, 0.6) is 0 Å². The van der Waals surface area contributed by atoms with Crippen LogP contribution in [0.3, 0.4) is 0 Å². The lowest BCUT2D eigenvalue weighted by Crippen LogP contribution is -2.48. The molecule has 1 saturated heterocycles. The van der Waals surface area contributed by atoms with Crippen LogP contribution in [0.1, 0.15) is 26.6 Å². The Hall–Kier alpha value is -3.36. The molecule has 33 heavy (non-hydrogen) atoms. The summed E-state index contributed by atoms with van der Waals surface area (Å²) in [6, 6.07) is 15.3.